The van der Waals surface area contributed by atoms with Gasteiger partial charge in [-0.05, 0) is 19.4 Å². The lowest BCUT2D eigenvalue weighted by atomic mass is 10.0. The largest absolute Gasteiger partial charge is 0.465 e. The third-order valence-corrected chi connectivity index (χ3v) is 5.44. The van der Waals surface area contributed by atoms with E-state index in [-0.39, 0.29) is 18.1 Å². The van der Waals surface area contributed by atoms with Crippen LogP contribution in [0.15, 0.2) is 35.7 Å². The van der Waals surface area contributed by atoms with Gasteiger partial charge in [-0.3, -0.25) is 4.79 Å². The Balaban J connectivity index is 1.77. The number of amides is 1. The van der Waals surface area contributed by atoms with Gasteiger partial charge in [0.2, 0.25) is 0 Å². The predicted molar refractivity (Wildman–Crippen MR) is 105 cm³/mol. The van der Waals surface area contributed by atoms with E-state index >= 15 is 0 Å². The molecule has 1 aliphatic heterocycles. The van der Waals surface area contributed by atoms with Gasteiger partial charge in [0.25, 0.3) is 5.91 Å². The van der Waals surface area contributed by atoms with Crippen molar-refractivity contribution in [2.75, 3.05) is 32.1 Å². The molecule has 1 aromatic heterocycles. The lowest BCUT2D eigenvalue weighted by Crippen LogP contribution is -3.16. The first kappa shape index (κ1) is 19.5. The summed E-state index contributed by atoms with van der Waals surface area (Å²) in [5.74, 6) is -0.565. The maximum Gasteiger partial charge on any atom is 0.341 e. The zero-order valence-corrected chi connectivity index (χ0v) is 16.6. The topological polar surface area (TPSA) is 69.1 Å². The number of morpholine rings is 1. The number of carbonyl (C=O) groups is 2. The fraction of sp³-hybridized carbons (Fsp3) is 0.400. The van der Waals surface area contributed by atoms with Crippen LogP contribution in [0.4, 0.5) is 5.00 Å². The normalized spacial score (nSPS) is 22.3. The van der Waals surface area contributed by atoms with Gasteiger partial charge in [0.15, 0.2) is 6.54 Å². The van der Waals surface area contributed by atoms with Gasteiger partial charge in [-0.2, -0.15) is 0 Å². The fourth-order valence-corrected chi connectivity index (χ4v) is 4.49. The third kappa shape index (κ3) is 4.74. The first-order valence-corrected chi connectivity index (χ1v) is 9.90. The van der Waals surface area contributed by atoms with Crippen molar-refractivity contribution in [3.63, 3.8) is 0 Å². The molecule has 1 saturated heterocycles. The van der Waals surface area contributed by atoms with Gasteiger partial charge in [0.1, 0.15) is 35.9 Å². The zero-order valence-electron chi connectivity index (χ0n) is 15.8. The molecule has 1 amide bonds. The Morgan fingerprint density at radius 1 is 1.22 bits per heavy atom. The van der Waals surface area contributed by atoms with E-state index < -0.39 is 5.97 Å². The number of hydrogen-bond donors (Lipinski definition) is 2. The molecule has 0 unspecified atom stereocenters. The van der Waals surface area contributed by atoms with Crippen molar-refractivity contribution in [2.24, 2.45) is 0 Å². The van der Waals surface area contributed by atoms with Crippen LogP contribution in [0.5, 0.6) is 0 Å². The summed E-state index contributed by atoms with van der Waals surface area (Å²) in [6, 6.07) is 9.61. The predicted octanol–water partition coefficient (Wildman–Crippen LogP) is 1.83. The average molecular weight is 389 g/mol. The van der Waals surface area contributed by atoms with Crippen LogP contribution in [-0.2, 0) is 14.3 Å². The van der Waals surface area contributed by atoms with E-state index in [9.17, 15) is 9.59 Å². The summed E-state index contributed by atoms with van der Waals surface area (Å²) in [6.07, 6.45) is 0.266. The molecular formula is C20H25N2O4S+. The van der Waals surface area contributed by atoms with Crippen molar-refractivity contribution in [3.8, 4) is 11.1 Å². The highest BCUT2D eigenvalue weighted by molar-refractivity contribution is 7.15. The van der Waals surface area contributed by atoms with Crippen LogP contribution in [0, 0.1) is 0 Å². The number of carbonyl (C=O) groups excluding carboxylic acids is 2. The molecule has 2 N–H and O–H groups in total. The van der Waals surface area contributed by atoms with Crippen LogP contribution >= 0.6 is 11.3 Å². The maximum atomic E-state index is 12.6. The molecule has 1 fully saturated rings. The number of esters is 1. The minimum absolute atomic E-state index is 0.113. The second-order valence-corrected chi connectivity index (χ2v) is 7.73. The Bertz CT molecular complexity index is 796. The summed E-state index contributed by atoms with van der Waals surface area (Å²) in [5.41, 5.74) is 2.08. The van der Waals surface area contributed by atoms with Gasteiger partial charge in [0, 0.05) is 10.9 Å². The summed E-state index contributed by atoms with van der Waals surface area (Å²) < 4.78 is 10.7. The quantitative estimate of drug-likeness (QED) is 0.766. The van der Waals surface area contributed by atoms with Crippen molar-refractivity contribution < 1.29 is 24.0 Å². The minimum atomic E-state index is -0.452. The van der Waals surface area contributed by atoms with Gasteiger partial charge >= 0.3 is 5.97 Å². The number of thiophene rings is 1. The lowest BCUT2D eigenvalue weighted by molar-refractivity contribution is -0.907. The first-order chi connectivity index (χ1) is 13.0. The van der Waals surface area contributed by atoms with E-state index in [2.05, 4.69) is 5.32 Å². The Hall–Kier alpha value is -2.22. The van der Waals surface area contributed by atoms with Crippen LogP contribution < -0.4 is 10.2 Å². The summed E-state index contributed by atoms with van der Waals surface area (Å²) in [4.78, 5) is 26.1. The summed E-state index contributed by atoms with van der Waals surface area (Å²) in [6.45, 7) is 5.97. The van der Waals surface area contributed by atoms with Gasteiger partial charge < -0.3 is 19.7 Å². The Morgan fingerprint density at radius 3 is 2.52 bits per heavy atom. The monoisotopic (exact) mass is 389 g/mol. The van der Waals surface area contributed by atoms with E-state index in [1.807, 2.05) is 49.6 Å². The second-order valence-electron chi connectivity index (χ2n) is 6.85. The maximum absolute atomic E-state index is 12.6. The second kappa shape index (κ2) is 8.65. The van der Waals surface area contributed by atoms with Gasteiger partial charge in [-0.1, -0.05) is 30.3 Å². The highest BCUT2D eigenvalue weighted by Gasteiger charge is 2.28. The number of ether oxygens (including phenoxy) is 2. The molecule has 2 heterocycles. The SMILES string of the molecule is COC(=O)c1c(-c2ccccc2)csc1NC(=O)C[NH+]1C[C@H](C)O[C@@H](C)C1. The number of quaternary nitrogens is 1. The van der Waals surface area contributed by atoms with E-state index in [1.165, 1.54) is 23.3 Å². The Kier molecular flexibility index (Phi) is 6.26. The van der Waals surface area contributed by atoms with Gasteiger partial charge in [-0.15, -0.1) is 11.3 Å². The molecule has 27 heavy (non-hydrogen) atoms. The number of benzene rings is 1. The highest BCUT2D eigenvalue weighted by Crippen LogP contribution is 2.36. The van der Waals surface area contributed by atoms with Crippen molar-refractivity contribution in [1.82, 2.24) is 0 Å². The van der Waals surface area contributed by atoms with Gasteiger partial charge in [0.05, 0.1) is 7.11 Å². The van der Waals surface area contributed by atoms with E-state index in [4.69, 9.17) is 9.47 Å². The summed E-state index contributed by atoms with van der Waals surface area (Å²) in [7, 11) is 1.35. The van der Waals surface area contributed by atoms with Crippen LogP contribution in [0.3, 0.4) is 0 Å². The third-order valence-electron chi connectivity index (χ3n) is 4.55. The molecule has 6 nitrogen and oxygen atoms in total. The molecular weight excluding hydrogens is 364 g/mol. The summed E-state index contributed by atoms with van der Waals surface area (Å²) >= 11 is 1.34. The molecule has 2 atom stereocenters. The van der Waals surface area contributed by atoms with E-state index in [0.29, 0.717) is 17.1 Å². The van der Waals surface area contributed by atoms with E-state index in [0.717, 1.165) is 24.2 Å². The molecule has 144 valence electrons. The standard InChI is InChI=1S/C20H24N2O4S/c1-13-9-22(10-14(2)26-13)11-17(23)21-19-18(20(24)25-3)16(12-27-19)15-7-5-4-6-8-15/h4-8,12-14H,9-11H2,1-3H3,(H,21,23)/p+1/t13-,14-/m0/s1. The fourth-order valence-electron chi connectivity index (χ4n) is 3.52. The van der Waals surface area contributed by atoms with Crippen LogP contribution in [0.25, 0.3) is 11.1 Å². The molecule has 3 rings (SSSR count). The average Bonchev–Trinajstić information content (AvgIpc) is 3.04. The highest BCUT2D eigenvalue weighted by atomic mass is 32.1. The molecule has 0 spiro atoms. The molecule has 0 saturated carbocycles. The number of methoxy groups -OCH3 is 1. The number of hydrogen-bond acceptors (Lipinski definition) is 5. The smallest absolute Gasteiger partial charge is 0.341 e. The van der Waals surface area contributed by atoms with Crippen molar-refractivity contribution in [1.29, 1.82) is 0 Å². The van der Waals surface area contributed by atoms with Crippen LogP contribution in [0.1, 0.15) is 24.2 Å². The summed E-state index contributed by atoms with van der Waals surface area (Å²) in [5, 5.41) is 5.32. The van der Waals surface area contributed by atoms with Gasteiger partial charge in [-0.25, -0.2) is 4.79 Å². The van der Waals surface area contributed by atoms with E-state index in [1.54, 1.807) is 0 Å². The number of anilines is 1. The van der Waals surface area contributed by atoms with Crippen LogP contribution in [0.2, 0.25) is 0 Å². The zero-order chi connectivity index (χ0) is 19.4. The van der Waals surface area contributed by atoms with Crippen LogP contribution in [-0.4, -0.2) is 50.8 Å². The number of nitrogens with one attached hydrogen (secondary N) is 2. The molecule has 0 aliphatic carbocycles. The molecule has 1 aromatic carbocycles. The first-order valence-electron chi connectivity index (χ1n) is 9.02. The number of rotatable bonds is 5. The Labute approximate surface area is 163 Å². The minimum Gasteiger partial charge on any atom is -0.465 e. The molecule has 0 bridgehead atoms. The molecule has 2 aromatic rings. The Morgan fingerprint density at radius 2 is 1.89 bits per heavy atom. The van der Waals surface area contributed by atoms with Crippen molar-refractivity contribution >= 4 is 28.2 Å². The van der Waals surface area contributed by atoms with Crippen molar-refractivity contribution in [3.05, 3.63) is 41.3 Å². The molecule has 1 aliphatic rings. The molecule has 7 heteroatoms. The lowest BCUT2D eigenvalue weighted by Gasteiger charge is -2.31. The molecule has 0 radical (unpaired) electrons. The van der Waals surface area contributed by atoms with Crippen molar-refractivity contribution in [2.45, 2.75) is 26.1 Å².